The van der Waals surface area contributed by atoms with Crippen molar-refractivity contribution in [1.29, 1.82) is 0 Å². The van der Waals surface area contributed by atoms with Gasteiger partial charge >= 0.3 is 7.12 Å². The van der Waals surface area contributed by atoms with Crippen molar-refractivity contribution in [2.24, 2.45) is 0 Å². The van der Waals surface area contributed by atoms with Crippen molar-refractivity contribution in [3.8, 4) is 17.2 Å². The zero-order chi connectivity index (χ0) is 39.3. The smallest absolute Gasteiger partial charge is 0.488 e. The monoisotopic (exact) mass is 754 g/mol. The number of carbonyl (C=O) groups is 3. The zero-order valence-electron chi connectivity index (χ0n) is 30.9. The summed E-state index contributed by atoms with van der Waals surface area (Å²) in [6, 6.07) is 13.5. The van der Waals surface area contributed by atoms with E-state index in [1.807, 2.05) is 6.07 Å². The van der Waals surface area contributed by atoms with Crippen LogP contribution in [0.2, 0.25) is 0 Å². The summed E-state index contributed by atoms with van der Waals surface area (Å²) in [5.41, 5.74) is 16.4. The molecule has 0 atom stereocenters. The molecule has 1 aliphatic rings. The fourth-order valence-electron chi connectivity index (χ4n) is 6.24. The van der Waals surface area contributed by atoms with Gasteiger partial charge in [0, 0.05) is 54.9 Å². The Balaban J connectivity index is 0.985. The van der Waals surface area contributed by atoms with Crippen LogP contribution >= 0.6 is 0 Å². The number of benzene rings is 3. The van der Waals surface area contributed by atoms with Crippen LogP contribution in [0, 0.1) is 0 Å². The number of nitrogens with zero attached hydrogens (tertiary/aromatic N) is 2. The third-order valence-electron chi connectivity index (χ3n) is 9.12. The summed E-state index contributed by atoms with van der Waals surface area (Å²) in [6.45, 7) is 1.49. The molecule has 55 heavy (non-hydrogen) atoms. The van der Waals surface area contributed by atoms with Gasteiger partial charge in [-0.2, -0.15) is 9.97 Å². The van der Waals surface area contributed by atoms with Crippen molar-refractivity contribution < 1.29 is 38.6 Å². The van der Waals surface area contributed by atoms with Crippen LogP contribution in [0.5, 0.6) is 17.2 Å². The number of para-hydroxylation sites is 1. The van der Waals surface area contributed by atoms with E-state index in [2.05, 4.69) is 31.2 Å². The number of aldehydes is 1. The minimum atomic E-state index is -1.72. The van der Waals surface area contributed by atoms with Crippen molar-refractivity contribution >= 4 is 59.6 Å². The fraction of sp³-hybridized carbons (Fsp3) is 0.342. The number of anilines is 5. The van der Waals surface area contributed by atoms with Crippen molar-refractivity contribution in [2.75, 3.05) is 56.0 Å². The molecule has 0 unspecified atom stereocenters. The van der Waals surface area contributed by atoms with Crippen LogP contribution in [0.15, 0.2) is 48.5 Å². The summed E-state index contributed by atoms with van der Waals surface area (Å²) >= 11 is 0. The molecule has 16 nitrogen and oxygen atoms in total. The molecule has 17 heteroatoms. The molecule has 0 radical (unpaired) electrons. The van der Waals surface area contributed by atoms with Crippen LogP contribution in [0.1, 0.15) is 75.9 Å². The lowest BCUT2D eigenvalue weighted by molar-refractivity contribution is -0.121. The first-order chi connectivity index (χ1) is 26.6. The maximum Gasteiger partial charge on any atom is 0.488 e. The van der Waals surface area contributed by atoms with Gasteiger partial charge in [0.05, 0.1) is 26.5 Å². The van der Waals surface area contributed by atoms with Gasteiger partial charge in [-0.25, -0.2) is 0 Å². The number of unbranched alkanes of at least 4 members (excludes halogenated alkanes) is 3. The second kappa shape index (κ2) is 19.3. The lowest BCUT2D eigenvalue weighted by atomic mass is 9.76. The number of nitrogen functional groups attached to an aromatic ring is 2. The number of hydrogen-bond acceptors (Lipinski definition) is 14. The second-order valence-electron chi connectivity index (χ2n) is 12.9. The molecule has 2 heterocycles. The summed E-state index contributed by atoms with van der Waals surface area (Å²) in [6.07, 6.45) is 5.07. The van der Waals surface area contributed by atoms with E-state index in [1.165, 1.54) is 12.1 Å². The fourth-order valence-corrected chi connectivity index (χ4v) is 6.24. The number of aromatic nitrogens is 2. The van der Waals surface area contributed by atoms with E-state index >= 15 is 0 Å². The minimum absolute atomic E-state index is 0.0444. The maximum atomic E-state index is 12.8. The largest absolute Gasteiger partial charge is 0.493 e. The molecular weight excluding hydrogens is 707 g/mol. The van der Waals surface area contributed by atoms with Gasteiger partial charge in [0.1, 0.15) is 11.6 Å². The highest BCUT2D eigenvalue weighted by molar-refractivity contribution is 6.59. The van der Waals surface area contributed by atoms with E-state index in [1.54, 1.807) is 44.6 Å². The highest BCUT2D eigenvalue weighted by Crippen LogP contribution is 2.49. The number of nitrogens with one attached hydrogen (secondary N) is 4. The van der Waals surface area contributed by atoms with E-state index in [9.17, 15) is 24.4 Å². The first kappa shape index (κ1) is 40.1. The van der Waals surface area contributed by atoms with Crippen molar-refractivity contribution in [3.05, 3.63) is 76.3 Å². The van der Waals surface area contributed by atoms with E-state index in [4.69, 9.17) is 25.7 Å². The van der Waals surface area contributed by atoms with Gasteiger partial charge in [0.25, 0.3) is 5.91 Å². The lowest BCUT2D eigenvalue weighted by Gasteiger charge is -2.26. The van der Waals surface area contributed by atoms with Crippen LogP contribution in [0.4, 0.5) is 29.0 Å². The molecule has 5 rings (SSSR count). The van der Waals surface area contributed by atoms with Crippen molar-refractivity contribution in [2.45, 2.75) is 51.5 Å². The Morgan fingerprint density at radius 1 is 0.945 bits per heavy atom. The molecule has 0 fully saturated rings. The van der Waals surface area contributed by atoms with Crippen LogP contribution in [0.25, 0.3) is 0 Å². The normalized spacial score (nSPS) is 11.3. The molecule has 0 spiro atoms. The van der Waals surface area contributed by atoms with Crippen LogP contribution in [0.3, 0.4) is 0 Å². The Kier molecular flexibility index (Phi) is 14.1. The zero-order valence-corrected chi connectivity index (χ0v) is 30.9. The molecule has 1 aromatic heterocycles. The summed E-state index contributed by atoms with van der Waals surface area (Å²) in [5, 5.41) is 31.9. The Bertz CT molecular complexity index is 2000. The Morgan fingerprint density at radius 3 is 2.47 bits per heavy atom. The number of amides is 2. The molecule has 1 aliphatic heterocycles. The second-order valence-corrected chi connectivity index (χ2v) is 12.9. The van der Waals surface area contributed by atoms with E-state index < -0.39 is 7.12 Å². The predicted octanol–water partition coefficient (Wildman–Crippen LogP) is 2.68. The number of ether oxygens (including phenoxy) is 3. The number of nitrogens with two attached hydrogens (primary N) is 2. The quantitative estimate of drug-likeness (QED) is 0.0324. The molecule has 4 aromatic rings. The predicted molar refractivity (Wildman–Crippen MR) is 210 cm³/mol. The summed E-state index contributed by atoms with van der Waals surface area (Å²) < 4.78 is 17.4. The maximum absolute atomic E-state index is 12.8. The van der Waals surface area contributed by atoms with Crippen LogP contribution in [-0.4, -0.2) is 79.2 Å². The highest BCUT2D eigenvalue weighted by atomic mass is 16.5. The number of fused-ring (bicyclic) bond motifs is 2. The Hall–Kier alpha value is -6.07. The first-order valence-corrected chi connectivity index (χ1v) is 18.0. The molecule has 0 aliphatic carbocycles. The van der Waals surface area contributed by atoms with Gasteiger partial charge in [-0.15, -0.1) is 0 Å². The average Bonchev–Trinajstić information content (AvgIpc) is 3.18. The molecule has 10 N–H and O–H groups in total. The van der Waals surface area contributed by atoms with Gasteiger partial charge in [-0.3, -0.25) is 14.4 Å². The first-order valence-electron chi connectivity index (χ1n) is 18.0. The van der Waals surface area contributed by atoms with E-state index in [-0.39, 0.29) is 29.8 Å². The van der Waals surface area contributed by atoms with Gasteiger partial charge in [0.2, 0.25) is 17.6 Å². The van der Waals surface area contributed by atoms with Gasteiger partial charge in [-0.1, -0.05) is 18.2 Å². The molecule has 2 amide bonds. The molecule has 0 saturated carbocycles. The minimum Gasteiger partial charge on any atom is -0.493 e. The molecule has 290 valence electrons. The Morgan fingerprint density at radius 2 is 1.73 bits per heavy atom. The third kappa shape index (κ3) is 10.3. The molecule has 0 saturated heterocycles. The molecular formula is C38H47BN8O8. The summed E-state index contributed by atoms with van der Waals surface area (Å²) in [5.74, 6) is 1.94. The van der Waals surface area contributed by atoms with Gasteiger partial charge in [0.15, 0.2) is 17.8 Å². The number of rotatable bonds is 20. The van der Waals surface area contributed by atoms with Crippen LogP contribution in [-0.2, 0) is 17.8 Å². The van der Waals surface area contributed by atoms with Gasteiger partial charge < -0.3 is 57.0 Å². The highest BCUT2D eigenvalue weighted by Gasteiger charge is 2.28. The summed E-state index contributed by atoms with van der Waals surface area (Å²) in [7, 11) is 1.38. The average molecular weight is 755 g/mol. The van der Waals surface area contributed by atoms with Crippen LogP contribution < -0.4 is 52.4 Å². The molecule has 3 aromatic carbocycles. The topological polar surface area (TPSA) is 245 Å². The molecule has 0 bridgehead atoms. The number of carbonyl (C=O) groups excluding carboxylic acids is 3. The number of methoxy groups -OCH3 is 2. The van der Waals surface area contributed by atoms with E-state index in [0.29, 0.717) is 102 Å². The SMILES string of the molecule is COc1cc2c(c(OC)c1OCCCCC(=O)NCCCCCNC(=O)c1ccc(B(O)O)c(CNc3ccccc3C=O)c1)Nc1nc(N)nc(N)c1C2. The van der Waals surface area contributed by atoms with Crippen molar-refractivity contribution in [3.63, 3.8) is 0 Å². The third-order valence-corrected chi connectivity index (χ3v) is 9.12. The Labute approximate surface area is 319 Å². The summed E-state index contributed by atoms with van der Waals surface area (Å²) in [4.78, 5) is 45.0. The van der Waals surface area contributed by atoms with Gasteiger partial charge in [-0.05, 0) is 79.0 Å². The number of hydrogen-bond donors (Lipinski definition) is 8. The van der Waals surface area contributed by atoms with Crippen molar-refractivity contribution in [1.82, 2.24) is 20.6 Å². The van der Waals surface area contributed by atoms with E-state index in [0.717, 1.165) is 36.7 Å². The lowest BCUT2D eigenvalue weighted by Crippen LogP contribution is -2.35. The standard InChI is InChI=1S/C38H47BN8O8/c1-53-30-20-25-19-27-35(40)46-38(41)47-36(27)45-32(25)34(54-2)33(30)55-17-9-6-12-31(49)42-15-7-3-8-16-43-37(50)23-13-14-28(39(51)52)26(18-23)21-44-29-11-5-4-10-24(29)22-48/h4-5,10-11,13-14,18,20,22,44,51-52H,3,6-9,12,15-17,19,21H2,1-2H3,(H,42,49)(H,43,50)(H5,40,41,45,46,47).